The van der Waals surface area contributed by atoms with Crippen LogP contribution in [0.5, 0.6) is 5.75 Å². The van der Waals surface area contributed by atoms with Crippen molar-refractivity contribution >= 4 is 41.3 Å². The molecule has 1 unspecified atom stereocenters. The van der Waals surface area contributed by atoms with E-state index in [-0.39, 0.29) is 35.9 Å². The molecule has 0 saturated carbocycles. The molecule has 1 heterocycles. The highest BCUT2D eigenvalue weighted by atomic mass is 127. The number of aryl methyl sites for hydroxylation is 2. The van der Waals surface area contributed by atoms with Crippen molar-refractivity contribution in [3.8, 4) is 5.75 Å². The Bertz CT molecular complexity index is 711. The Balaban J connectivity index is 0.00000364. The van der Waals surface area contributed by atoms with Crippen molar-refractivity contribution in [1.82, 2.24) is 15.6 Å². The van der Waals surface area contributed by atoms with E-state index in [4.69, 9.17) is 4.74 Å². The van der Waals surface area contributed by atoms with Gasteiger partial charge in [0.1, 0.15) is 17.7 Å². The highest BCUT2D eigenvalue weighted by Gasteiger charge is 2.10. The molecule has 8 heteroatoms. The molecule has 0 radical (unpaired) electrons. The van der Waals surface area contributed by atoms with Gasteiger partial charge in [-0.3, -0.25) is 4.99 Å². The fraction of sp³-hybridized carbons (Fsp3) is 0.474. The first-order chi connectivity index (χ1) is 12.6. The molecule has 0 saturated heterocycles. The number of nitrogens with one attached hydrogen (secondary N) is 2. The van der Waals surface area contributed by atoms with Crippen molar-refractivity contribution in [3.63, 3.8) is 0 Å². The third kappa shape index (κ3) is 8.87. The van der Waals surface area contributed by atoms with Gasteiger partial charge >= 0.3 is 0 Å². The fourth-order valence-corrected chi connectivity index (χ4v) is 3.22. The van der Waals surface area contributed by atoms with Crippen molar-refractivity contribution in [2.45, 2.75) is 39.2 Å². The van der Waals surface area contributed by atoms with Gasteiger partial charge in [-0.05, 0) is 31.9 Å². The second-order valence-corrected chi connectivity index (χ2v) is 6.91. The van der Waals surface area contributed by atoms with Gasteiger partial charge in [0.05, 0.1) is 11.6 Å². The molecule has 0 aliphatic carbocycles. The van der Waals surface area contributed by atoms with E-state index in [1.807, 2.05) is 13.8 Å². The normalized spacial score (nSPS) is 12.2. The maximum atomic E-state index is 13.3. The smallest absolute Gasteiger partial charge is 0.191 e. The fourth-order valence-electron chi connectivity index (χ4n) is 2.40. The summed E-state index contributed by atoms with van der Waals surface area (Å²) in [6, 6.07) is 6.22. The van der Waals surface area contributed by atoms with Gasteiger partial charge in [0.2, 0.25) is 0 Å². The third-order valence-electron chi connectivity index (χ3n) is 3.80. The molecule has 0 amide bonds. The molecule has 5 nitrogen and oxygen atoms in total. The molecule has 150 valence electrons. The van der Waals surface area contributed by atoms with Crippen molar-refractivity contribution in [1.29, 1.82) is 0 Å². The molecule has 0 fully saturated rings. The number of hydrogen-bond acceptors (Lipinski definition) is 4. The maximum Gasteiger partial charge on any atom is 0.191 e. The highest BCUT2D eigenvalue weighted by Crippen LogP contribution is 2.14. The zero-order valence-electron chi connectivity index (χ0n) is 16.0. The zero-order valence-corrected chi connectivity index (χ0v) is 19.1. The minimum Gasteiger partial charge on any atom is -0.489 e. The summed E-state index contributed by atoms with van der Waals surface area (Å²) in [5.41, 5.74) is 1.08. The largest absolute Gasteiger partial charge is 0.489 e. The summed E-state index contributed by atoms with van der Waals surface area (Å²) in [5.74, 6) is 0.986. The van der Waals surface area contributed by atoms with Crippen LogP contribution in [0.1, 0.15) is 30.5 Å². The minimum absolute atomic E-state index is 0. The summed E-state index contributed by atoms with van der Waals surface area (Å²) < 4.78 is 19.1. The number of ether oxygens (including phenoxy) is 1. The number of benzene rings is 1. The Morgan fingerprint density at radius 2 is 2.19 bits per heavy atom. The molecule has 0 aliphatic rings. The quantitative estimate of drug-likeness (QED) is 0.232. The third-order valence-corrected chi connectivity index (χ3v) is 4.83. The van der Waals surface area contributed by atoms with Gasteiger partial charge in [-0.2, -0.15) is 0 Å². The lowest BCUT2D eigenvalue weighted by atomic mass is 10.2. The van der Waals surface area contributed by atoms with Crippen molar-refractivity contribution in [2.24, 2.45) is 4.99 Å². The lowest BCUT2D eigenvalue weighted by Crippen LogP contribution is -2.42. The van der Waals surface area contributed by atoms with E-state index in [0.29, 0.717) is 12.3 Å². The Hall–Kier alpha value is -1.42. The summed E-state index contributed by atoms with van der Waals surface area (Å²) >= 11 is 1.71. The Labute approximate surface area is 181 Å². The maximum absolute atomic E-state index is 13.3. The molecule has 0 bridgehead atoms. The first-order valence-electron chi connectivity index (χ1n) is 8.88. The molecule has 2 aromatic rings. The summed E-state index contributed by atoms with van der Waals surface area (Å²) in [6.07, 6.45) is 2.70. The number of halogens is 2. The van der Waals surface area contributed by atoms with Gasteiger partial charge in [-0.1, -0.05) is 13.0 Å². The van der Waals surface area contributed by atoms with Crippen molar-refractivity contribution < 1.29 is 9.13 Å². The van der Waals surface area contributed by atoms with Crippen LogP contribution in [0.25, 0.3) is 0 Å². The van der Waals surface area contributed by atoms with Gasteiger partial charge in [0, 0.05) is 37.2 Å². The zero-order chi connectivity index (χ0) is 18.8. The van der Waals surface area contributed by atoms with Crippen LogP contribution in [-0.4, -0.2) is 37.2 Å². The summed E-state index contributed by atoms with van der Waals surface area (Å²) in [7, 11) is 1.74. The minimum atomic E-state index is -0.293. The van der Waals surface area contributed by atoms with E-state index >= 15 is 0 Å². The first kappa shape index (κ1) is 23.6. The summed E-state index contributed by atoms with van der Waals surface area (Å²) in [6.45, 7) is 5.47. The van der Waals surface area contributed by atoms with Crippen LogP contribution < -0.4 is 15.4 Å². The number of thiazole rings is 1. The van der Waals surface area contributed by atoms with E-state index in [2.05, 4.69) is 26.0 Å². The lowest BCUT2D eigenvalue weighted by Gasteiger charge is -2.20. The highest BCUT2D eigenvalue weighted by molar-refractivity contribution is 14.0. The summed E-state index contributed by atoms with van der Waals surface area (Å²) in [4.78, 5) is 8.70. The predicted octanol–water partition coefficient (Wildman–Crippen LogP) is 4.16. The molecule has 1 aromatic heterocycles. The molecule has 27 heavy (non-hydrogen) atoms. The Morgan fingerprint density at radius 1 is 1.37 bits per heavy atom. The topological polar surface area (TPSA) is 58.5 Å². The van der Waals surface area contributed by atoms with Crippen LogP contribution >= 0.6 is 35.3 Å². The van der Waals surface area contributed by atoms with E-state index in [1.54, 1.807) is 30.5 Å². The number of nitrogens with zero attached hydrogens (tertiary/aromatic N) is 2. The molecule has 0 aliphatic heterocycles. The van der Waals surface area contributed by atoms with Crippen molar-refractivity contribution in [2.75, 3.05) is 20.1 Å². The Morgan fingerprint density at radius 3 is 2.81 bits per heavy atom. The van der Waals surface area contributed by atoms with Crippen LogP contribution in [0.4, 0.5) is 4.39 Å². The van der Waals surface area contributed by atoms with E-state index in [9.17, 15) is 4.39 Å². The standard InChI is InChI=1S/C19H27FN4OS.HI/c1-4-16(25-17-8-5-7-15(20)11-17)12-23-19(21-3)22-10-6-9-18-24-14(2)13-26-18;/h5,7-8,11,13,16H,4,6,9-10,12H2,1-3H3,(H2,21,22,23);1H. The van der Waals surface area contributed by atoms with E-state index in [1.165, 1.54) is 17.1 Å². The number of aliphatic imine (C=N–C) groups is 1. The number of hydrogen-bond donors (Lipinski definition) is 2. The first-order valence-corrected chi connectivity index (χ1v) is 9.76. The average molecular weight is 506 g/mol. The second-order valence-electron chi connectivity index (χ2n) is 5.97. The van der Waals surface area contributed by atoms with Gasteiger partial charge in [-0.25, -0.2) is 9.37 Å². The molecule has 2 rings (SSSR count). The number of rotatable bonds is 9. The van der Waals surface area contributed by atoms with Gasteiger partial charge < -0.3 is 15.4 Å². The molecule has 1 atom stereocenters. The molecular formula is C19H28FIN4OS. The predicted molar refractivity (Wildman–Crippen MR) is 121 cm³/mol. The van der Waals surface area contributed by atoms with Crippen LogP contribution in [-0.2, 0) is 6.42 Å². The lowest BCUT2D eigenvalue weighted by molar-refractivity contribution is 0.199. The van der Waals surface area contributed by atoms with Gasteiger partial charge in [0.25, 0.3) is 0 Å². The van der Waals surface area contributed by atoms with Crippen LogP contribution in [0.3, 0.4) is 0 Å². The summed E-state index contributed by atoms with van der Waals surface area (Å²) in [5, 5.41) is 9.81. The van der Waals surface area contributed by atoms with Crippen molar-refractivity contribution in [3.05, 3.63) is 46.2 Å². The van der Waals surface area contributed by atoms with Crippen LogP contribution in [0.15, 0.2) is 34.6 Å². The number of guanidine groups is 1. The molecule has 2 N–H and O–H groups in total. The van der Waals surface area contributed by atoms with Crippen LogP contribution in [0, 0.1) is 12.7 Å². The molecular weight excluding hydrogens is 478 g/mol. The average Bonchev–Trinajstić information content (AvgIpc) is 3.05. The second kappa shape index (κ2) is 12.9. The SMILES string of the molecule is CCC(CNC(=NC)NCCCc1nc(C)cs1)Oc1cccc(F)c1.I. The number of aromatic nitrogens is 1. The van der Waals surface area contributed by atoms with Gasteiger partial charge in [0.15, 0.2) is 5.96 Å². The molecule has 1 aromatic carbocycles. The van der Waals surface area contributed by atoms with Crippen LogP contribution in [0.2, 0.25) is 0 Å². The Kier molecular flexibility index (Phi) is 11.3. The molecule has 0 spiro atoms. The van der Waals surface area contributed by atoms with Gasteiger partial charge in [-0.15, -0.1) is 35.3 Å². The monoisotopic (exact) mass is 506 g/mol. The van der Waals surface area contributed by atoms with E-state index < -0.39 is 0 Å². The van der Waals surface area contributed by atoms with E-state index in [0.717, 1.165) is 37.5 Å².